The van der Waals surface area contributed by atoms with Crippen molar-refractivity contribution in [2.75, 3.05) is 5.32 Å². The highest BCUT2D eigenvalue weighted by atomic mass is 16.5. The number of hydrogen-bond acceptors (Lipinski definition) is 2. The highest BCUT2D eigenvalue weighted by Crippen LogP contribution is 2.28. The van der Waals surface area contributed by atoms with Gasteiger partial charge in [0.15, 0.2) is 6.10 Å². The largest absolute Gasteiger partial charge is 0.481 e. The molecule has 0 saturated carbocycles. The number of nitrogens with one attached hydrogen (secondary N) is 1. The number of hydrogen-bond donors (Lipinski definition) is 1. The summed E-state index contributed by atoms with van der Waals surface area (Å²) in [5.74, 6) is 0.957. The van der Waals surface area contributed by atoms with Gasteiger partial charge in [0.1, 0.15) is 5.75 Å². The lowest BCUT2D eigenvalue weighted by Crippen LogP contribution is -2.31. The van der Waals surface area contributed by atoms with Crippen LogP contribution in [0, 0.1) is 20.8 Å². The van der Waals surface area contributed by atoms with Gasteiger partial charge in [0.2, 0.25) is 0 Å². The van der Waals surface area contributed by atoms with Crippen molar-refractivity contribution >= 4 is 11.6 Å². The van der Waals surface area contributed by atoms with E-state index in [4.69, 9.17) is 4.74 Å². The minimum absolute atomic E-state index is 0.133. The van der Waals surface area contributed by atoms with E-state index in [2.05, 4.69) is 31.3 Å². The summed E-state index contributed by atoms with van der Waals surface area (Å²) in [4.78, 5) is 12.6. The molecular weight excluding hydrogens is 298 g/mol. The van der Waals surface area contributed by atoms with E-state index in [1.807, 2.05) is 45.0 Å². The Morgan fingerprint density at radius 2 is 1.71 bits per heavy atom. The zero-order valence-electron chi connectivity index (χ0n) is 15.4. The molecule has 0 aliphatic rings. The van der Waals surface area contributed by atoms with Crippen LogP contribution in [0.1, 0.15) is 48.9 Å². The van der Waals surface area contributed by atoms with Gasteiger partial charge in [-0.05, 0) is 56.4 Å². The second-order valence-corrected chi connectivity index (χ2v) is 6.71. The van der Waals surface area contributed by atoms with E-state index in [1.165, 1.54) is 5.56 Å². The van der Waals surface area contributed by atoms with E-state index >= 15 is 0 Å². The number of para-hydroxylation sites is 1. The predicted octanol–water partition coefficient (Wildman–Crippen LogP) is 5.14. The number of ether oxygens (including phenoxy) is 1. The van der Waals surface area contributed by atoms with Crippen LogP contribution in [0.3, 0.4) is 0 Å². The smallest absolute Gasteiger partial charge is 0.265 e. The number of anilines is 1. The maximum absolute atomic E-state index is 12.6. The fraction of sp³-hybridized carbons (Fsp3) is 0.381. The van der Waals surface area contributed by atoms with E-state index in [1.54, 1.807) is 6.92 Å². The summed E-state index contributed by atoms with van der Waals surface area (Å²) in [6.07, 6.45) is -0.564. The van der Waals surface area contributed by atoms with Crippen molar-refractivity contribution in [1.29, 1.82) is 0 Å². The van der Waals surface area contributed by atoms with E-state index in [9.17, 15) is 4.79 Å². The summed E-state index contributed by atoms with van der Waals surface area (Å²) >= 11 is 0. The minimum Gasteiger partial charge on any atom is -0.481 e. The SMILES string of the molecule is Cc1ccc(O[C@H](C)C(=O)Nc2c(C)cccc2C(C)C)c(C)c1. The molecule has 1 amide bonds. The molecule has 2 rings (SSSR count). The second-order valence-electron chi connectivity index (χ2n) is 6.71. The van der Waals surface area contributed by atoms with Gasteiger partial charge in [0.05, 0.1) is 0 Å². The van der Waals surface area contributed by atoms with Crippen molar-refractivity contribution in [3.05, 3.63) is 58.7 Å². The number of carbonyl (C=O) groups excluding carboxylic acids is 1. The summed E-state index contributed by atoms with van der Waals surface area (Å²) in [6.45, 7) is 12.1. The Kier molecular flexibility index (Phi) is 5.66. The second kappa shape index (κ2) is 7.52. The predicted molar refractivity (Wildman–Crippen MR) is 99.9 cm³/mol. The number of carbonyl (C=O) groups is 1. The van der Waals surface area contributed by atoms with Gasteiger partial charge in [-0.1, -0.05) is 49.7 Å². The van der Waals surface area contributed by atoms with E-state index in [0.717, 1.165) is 28.1 Å². The molecule has 1 N–H and O–H groups in total. The third-order valence-electron chi connectivity index (χ3n) is 4.18. The van der Waals surface area contributed by atoms with Crippen LogP contribution in [0.15, 0.2) is 36.4 Å². The summed E-state index contributed by atoms with van der Waals surface area (Å²) in [5, 5.41) is 3.05. The summed E-state index contributed by atoms with van der Waals surface area (Å²) in [5.41, 5.74) is 5.32. The topological polar surface area (TPSA) is 38.3 Å². The molecule has 0 heterocycles. The van der Waals surface area contributed by atoms with Crippen LogP contribution >= 0.6 is 0 Å². The first-order valence-electron chi connectivity index (χ1n) is 8.44. The first kappa shape index (κ1) is 18.1. The Balaban J connectivity index is 2.15. The van der Waals surface area contributed by atoms with Crippen LogP contribution in [0.2, 0.25) is 0 Å². The molecule has 1 atom stereocenters. The third-order valence-corrected chi connectivity index (χ3v) is 4.18. The Morgan fingerprint density at radius 3 is 2.33 bits per heavy atom. The van der Waals surface area contributed by atoms with E-state index < -0.39 is 6.10 Å². The molecule has 0 aromatic heterocycles. The van der Waals surface area contributed by atoms with Crippen molar-refractivity contribution in [3.63, 3.8) is 0 Å². The Morgan fingerprint density at radius 1 is 1.00 bits per heavy atom. The number of benzene rings is 2. The summed E-state index contributed by atoms with van der Waals surface area (Å²) in [7, 11) is 0. The molecular formula is C21H27NO2. The van der Waals surface area contributed by atoms with Crippen LogP contribution in [-0.4, -0.2) is 12.0 Å². The van der Waals surface area contributed by atoms with Gasteiger partial charge in [-0.15, -0.1) is 0 Å². The molecule has 3 nitrogen and oxygen atoms in total. The normalized spacial score (nSPS) is 12.1. The Bertz CT molecular complexity index is 735. The van der Waals surface area contributed by atoms with Crippen molar-refractivity contribution in [1.82, 2.24) is 0 Å². The molecule has 24 heavy (non-hydrogen) atoms. The van der Waals surface area contributed by atoms with Gasteiger partial charge in [0, 0.05) is 5.69 Å². The van der Waals surface area contributed by atoms with Crippen LogP contribution in [0.5, 0.6) is 5.75 Å². The van der Waals surface area contributed by atoms with Gasteiger partial charge in [-0.3, -0.25) is 4.79 Å². The average Bonchev–Trinajstić information content (AvgIpc) is 2.51. The van der Waals surface area contributed by atoms with Crippen LogP contribution in [-0.2, 0) is 4.79 Å². The van der Waals surface area contributed by atoms with Gasteiger partial charge in [-0.25, -0.2) is 0 Å². The molecule has 0 bridgehead atoms. The van der Waals surface area contributed by atoms with E-state index in [-0.39, 0.29) is 5.91 Å². The van der Waals surface area contributed by atoms with E-state index in [0.29, 0.717) is 5.92 Å². The monoisotopic (exact) mass is 325 g/mol. The minimum atomic E-state index is -0.564. The zero-order valence-corrected chi connectivity index (χ0v) is 15.4. The summed E-state index contributed by atoms with van der Waals surface area (Å²) in [6, 6.07) is 12.1. The maximum Gasteiger partial charge on any atom is 0.265 e. The molecule has 2 aromatic rings. The molecule has 128 valence electrons. The molecule has 0 saturated heterocycles. The van der Waals surface area contributed by atoms with Crippen LogP contribution in [0.25, 0.3) is 0 Å². The van der Waals surface area contributed by atoms with Gasteiger partial charge in [0.25, 0.3) is 5.91 Å². The van der Waals surface area contributed by atoms with Gasteiger partial charge >= 0.3 is 0 Å². The highest BCUT2D eigenvalue weighted by molar-refractivity contribution is 5.95. The maximum atomic E-state index is 12.6. The third kappa shape index (κ3) is 4.16. The molecule has 2 aromatic carbocycles. The molecule has 0 aliphatic carbocycles. The zero-order chi connectivity index (χ0) is 17.9. The molecule has 0 radical (unpaired) electrons. The molecule has 0 unspecified atom stereocenters. The van der Waals surface area contributed by atoms with Crippen molar-refractivity contribution in [2.45, 2.75) is 53.6 Å². The van der Waals surface area contributed by atoms with Crippen LogP contribution in [0.4, 0.5) is 5.69 Å². The Hall–Kier alpha value is -2.29. The standard InChI is InChI=1S/C21H27NO2/c1-13(2)18-9-7-8-15(4)20(18)22-21(23)17(6)24-19-11-10-14(3)12-16(19)5/h7-13,17H,1-6H3,(H,22,23)/t17-/m1/s1. The molecule has 0 fully saturated rings. The fourth-order valence-electron chi connectivity index (χ4n) is 2.74. The first-order valence-corrected chi connectivity index (χ1v) is 8.44. The lowest BCUT2D eigenvalue weighted by Gasteiger charge is -2.20. The molecule has 0 aliphatic heterocycles. The van der Waals surface area contributed by atoms with Crippen molar-refractivity contribution in [3.8, 4) is 5.75 Å². The summed E-state index contributed by atoms with van der Waals surface area (Å²) < 4.78 is 5.86. The lowest BCUT2D eigenvalue weighted by molar-refractivity contribution is -0.122. The van der Waals surface area contributed by atoms with Crippen LogP contribution < -0.4 is 10.1 Å². The first-order chi connectivity index (χ1) is 11.3. The fourth-order valence-corrected chi connectivity index (χ4v) is 2.74. The average molecular weight is 325 g/mol. The number of amides is 1. The Labute approximate surface area is 145 Å². The van der Waals surface area contributed by atoms with Gasteiger partial charge in [-0.2, -0.15) is 0 Å². The van der Waals surface area contributed by atoms with Crippen molar-refractivity contribution < 1.29 is 9.53 Å². The number of rotatable bonds is 5. The molecule has 3 heteroatoms. The highest BCUT2D eigenvalue weighted by Gasteiger charge is 2.19. The van der Waals surface area contributed by atoms with Gasteiger partial charge < -0.3 is 10.1 Å². The van der Waals surface area contributed by atoms with Crippen molar-refractivity contribution in [2.24, 2.45) is 0 Å². The lowest BCUT2D eigenvalue weighted by atomic mass is 9.98. The number of aryl methyl sites for hydroxylation is 3. The molecule has 0 spiro atoms. The quantitative estimate of drug-likeness (QED) is 0.826.